The molecule has 3 rings (SSSR count). The van der Waals surface area contributed by atoms with Crippen molar-refractivity contribution in [2.45, 2.75) is 26.3 Å². The number of benzene rings is 1. The SMILES string of the molecule is CCN(CC)C1CCN(c2cc(F)c(N(S)SN(N)ON3C=C3)cc2Cl)C1.S. The average Bonchev–Trinajstić information content (AvgIpc) is 3.31. The molecule has 2 heterocycles. The highest BCUT2D eigenvalue weighted by Gasteiger charge is 2.28. The Morgan fingerprint density at radius 2 is 2.04 bits per heavy atom. The minimum Gasteiger partial charge on any atom is -0.369 e. The van der Waals surface area contributed by atoms with Crippen molar-refractivity contribution in [2.75, 3.05) is 34.8 Å². The first-order valence-corrected chi connectivity index (χ1v) is 10.3. The van der Waals surface area contributed by atoms with Gasteiger partial charge in [0.25, 0.3) is 0 Å². The molecule has 1 aromatic carbocycles. The van der Waals surface area contributed by atoms with E-state index in [1.54, 1.807) is 18.5 Å². The van der Waals surface area contributed by atoms with E-state index in [1.165, 1.54) is 14.8 Å². The van der Waals surface area contributed by atoms with E-state index in [-0.39, 0.29) is 19.2 Å². The molecule has 0 spiro atoms. The number of hydrogen-bond acceptors (Lipinski definition) is 9. The van der Waals surface area contributed by atoms with Crippen LogP contribution >= 0.6 is 50.0 Å². The fraction of sp³-hybridized carbons (Fsp3) is 0.500. The number of anilines is 2. The summed E-state index contributed by atoms with van der Waals surface area (Å²) in [5, 5.41) is 1.88. The van der Waals surface area contributed by atoms with Crippen LogP contribution in [0.1, 0.15) is 20.3 Å². The Morgan fingerprint density at radius 3 is 2.64 bits per heavy atom. The molecular weight excluding hydrogens is 443 g/mol. The van der Waals surface area contributed by atoms with E-state index in [0.29, 0.717) is 16.8 Å². The maximum Gasteiger partial charge on any atom is 0.150 e. The number of nitrogens with two attached hydrogens (primary N) is 1. The maximum atomic E-state index is 14.7. The predicted molar refractivity (Wildman–Crippen MR) is 122 cm³/mol. The van der Waals surface area contributed by atoms with Crippen LogP contribution in [0.15, 0.2) is 24.5 Å². The molecule has 158 valence electrons. The summed E-state index contributed by atoms with van der Waals surface area (Å²) < 4.78 is 16.9. The van der Waals surface area contributed by atoms with E-state index in [4.69, 9.17) is 22.4 Å². The van der Waals surface area contributed by atoms with Crippen LogP contribution in [0.2, 0.25) is 5.02 Å². The lowest BCUT2D eigenvalue weighted by Crippen LogP contribution is -2.37. The minimum absolute atomic E-state index is 0. The second-order valence-electron chi connectivity index (χ2n) is 6.24. The Morgan fingerprint density at radius 1 is 1.36 bits per heavy atom. The summed E-state index contributed by atoms with van der Waals surface area (Å²) in [5.41, 5.74) is 0.905. The fourth-order valence-corrected chi connectivity index (χ4v) is 4.36. The van der Waals surface area contributed by atoms with Crippen LogP contribution in [0.25, 0.3) is 0 Å². The van der Waals surface area contributed by atoms with E-state index in [0.717, 1.165) is 49.3 Å². The summed E-state index contributed by atoms with van der Waals surface area (Å²) in [6.45, 7) is 8.03. The standard InChI is InChI=1S/C16H24ClFN6OS2.H2S/c1-3-20(4-2)12-5-6-21(11-12)15-10-14(18)16(9-13(15)17)23(26)27-24(19)25-22-7-8-22;/h7-10,12,26H,3-6,11,19H2,1-2H3;1H2. The van der Waals surface area contributed by atoms with Crippen LogP contribution in [-0.2, 0) is 4.94 Å². The van der Waals surface area contributed by atoms with Gasteiger partial charge in [0, 0.05) is 25.2 Å². The second kappa shape index (κ2) is 10.5. The van der Waals surface area contributed by atoms with Gasteiger partial charge < -0.3 is 4.90 Å². The summed E-state index contributed by atoms with van der Waals surface area (Å²) >= 11 is 11.6. The van der Waals surface area contributed by atoms with Gasteiger partial charge in [-0.1, -0.05) is 38.3 Å². The average molecular weight is 469 g/mol. The monoisotopic (exact) mass is 468 g/mol. The molecule has 12 heteroatoms. The van der Waals surface area contributed by atoms with Gasteiger partial charge in [-0.15, -0.1) is 4.94 Å². The molecule has 0 amide bonds. The molecule has 0 saturated carbocycles. The summed E-state index contributed by atoms with van der Waals surface area (Å²) in [6.07, 6.45) is 4.40. The van der Waals surface area contributed by atoms with Crippen LogP contribution in [0.4, 0.5) is 15.8 Å². The Labute approximate surface area is 187 Å². The first-order chi connectivity index (χ1) is 12.9. The van der Waals surface area contributed by atoms with Gasteiger partial charge in [0.05, 0.1) is 40.9 Å². The Kier molecular flexibility index (Phi) is 8.89. The van der Waals surface area contributed by atoms with Crippen molar-refractivity contribution >= 4 is 61.4 Å². The lowest BCUT2D eigenvalue weighted by Gasteiger charge is -2.27. The highest BCUT2D eigenvalue weighted by Crippen LogP contribution is 2.38. The van der Waals surface area contributed by atoms with Crippen molar-refractivity contribution in [3.63, 3.8) is 0 Å². The minimum atomic E-state index is -0.429. The van der Waals surface area contributed by atoms with E-state index in [9.17, 15) is 4.39 Å². The van der Waals surface area contributed by atoms with Crippen molar-refractivity contribution in [3.8, 4) is 0 Å². The van der Waals surface area contributed by atoms with Crippen LogP contribution in [-0.4, -0.2) is 46.8 Å². The topological polar surface area (TPSA) is 51.2 Å². The molecule has 2 aliphatic heterocycles. The molecule has 28 heavy (non-hydrogen) atoms. The summed E-state index contributed by atoms with van der Waals surface area (Å²) in [4.78, 5) is 9.68. The molecule has 0 radical (unpaired) electrons. The Bertz CT molecular complexity index is 693. The molecule has 0 aromatic heterocycles. The molecule has 1 unspecified atom stereocenters. The molecule has 1 aromatic rings. The summed E-state index contributed by atoms with van der Waals surface area (Å²) in [5.74, 6) is 5.24. The zero-order chi connectivity index (χ0) is 19.6. The number of thiol groups is 1. The highest BCUT2D eigenvalue weighted by molar-refractivity contribution is 8.09. The molecule has 1 fully saturated rings. The van der Waals surface area contributed by atoms with Gasteiger partial charge in [-0.2, -0.15) is 13.5 Å². The van der Waals surface area contributed by atoms with Crippen LogP contribution in [0.3, 0.4) is 0 Å². The first-order valence-electron chi connectivity index (χ1n) is 8.77. The third kappa shape index (κ3) is 5.76. The Hall–Kier alpha value is -0.530. The van der Waals surface area contributed by atoms with Crippen molar-refractivity contribution in [2.24, 2.45) is 5.84 Å². The number of hydrazine groups is 1. The van der Waals surface area contributed by atoms with Crippen LogP contribution in [0.5, 0.6) is 0 Å². The van der Waals surface area contributed by atoms with Gasteiger partial charge in [0.2, 0.25) is 0 Å². The zero-order valence-electron chi connectivity index (χ0n) is 15.8. The van der Waals surface area contributed by atoms with Crippen molar-refractivity contribution in [1.29, 1.82) is 0 Å². The number of hydrogen-bond donors (Lipinski definition) is 2. The van der Waals surface area contributed by atoms with Crippen molar-refractivity contribution < 1.29 is 9.33 Å². The van der Waals surface area contributed by atoms with Gasteiger partial charge in [-0.3, -0.25) is 4.90 Å². The first kappa shape index (κ1) is 23.7. The van der Waals surface area contributed by atoms with E-state index >= 15 is 0 Å². The third-order valence-corrected chi connectivity index (χ3v) is 5.97. The molecular formula is C16H26ClFN6OS3. The van der Waals surface area contributed by atoms with Crippen LogP contribution in [0, 0.1) is 5.82 Å². The molecule has 2 N–H and O–H groups in total. The normalized spacial score (nSPS) is 18.2. The van der Waals surface area contributed by atoms with Gasteiger partial charge in [0.1, 0.15) is 0 Å². The van der Waals surface area contributed by atoms with Gasteiger partial charge in [0.15, 0.2) is 5.82 Å². The molecule has 1 atom stereocenters. The molecule has 1 saturated heterocycles. The van der Waals surface area contributed by atoms with E-state index in [2.05, 4.69) is 36.5 Å². The number of likely N-dealkylation sites (N-methyl/N-ethyl adjacent to an activating group) is 1. The molecule has 0 bridgehead atoms. The lowest BCUT2D eigenvalue weighted by atomic mass is 10.2. The smallest absolute Gasteiger partial charge is 0.150 e. The summed E-state index contributed by atoms with van der Waals surface area (Å²) in [6, 6.07) is 3.48. The van der Waals surface area contributed by atoms with Crippen molar-refractivity contribution in [1.82, 2.24) is 14.5 Å². The third-order valence-electron chi connectivity index (χ3n) is 4.66. The van der Waals surface area contributed by atoms with Crippen molar-refractivity contribution in [3.05, 3.63) is 35.4 Å². The molecule has 2 aliphatic rings. The largest absolute Gasteiger partial charge is 0.369 e. The van der Waals surface area contributed by atoms with Crippen LogP contribution < -0.4 is 14.5 Å². The van der Waals surface area contributed by atoms with Gasteiger partial charge in [-0.05, 0) is 30.2 Å². The maximum absolute atomic E-state index is 14.7. The number of rotatable bonds is 9. The van der Waals surface area contributed by atoms with E-state index < -0.39 is 5.82 Å². The second-order valence-corrected chi connectivity index (χ2v) is 8.21. The lowest BCUT2D eigenvalue weighted by molar-refractivity contribution is -0.206. The number of halogens is 2. The van der Waals surface area contributed by atoms with E-state index in [1.807, 2.05) is 0 Å². The zero-order valence-corrected chi connectivity index (χ0v) is 19.2. The summed E-state index contributed by atoms with van der Waals surface area (Å²) in [7, 11) is 0. The fourth-order valence-electron chi connectivity index (χ4n) is 3.22. The number of hydroxylamine groups is 2. The number of nitrogens with zero attached hydrogens (tertiary/aromatic N) is 5. The quantitative estimate of drug-likeness (QED) is 0.247. The van der Waals surface area contributed by atoms with Gasteiger partial charge in [-0.25, -0.2) is 19.0 Å². The van der Waals surface area contributed by atoms with Gasteiger partial charge >= 0.3 is 0 Å². The molecule has 7 nitrogen and oxygen atoms in total. The highest BCUT2D eigenvalue weighted by atomic mass is 35.5. The predicted octanol–water partition coefficient (Wildman–Crippen LogP) is 3.54. The Balaban J connectivity index is 0.00000280. The molecule has 0 aliphatic carbocycles.